The summed E-state index contributed by atoms with van der Waals surface area (Å²) in [5, 5.41) is 15.9. The van der Waals surface area contributed by atoms with E-state index in [9.17, 15) is 9.90 Å². The van der Waals surface area contributed by atoms with Crippen LogP contribution in [0.5, 0.6) is 17.2 Å². The third kappa shape index (κ3) is 5.65. The number of para-hydroxylation sites is 1. The molecule has 0 heterocycles. The molecule has 30 heavy (non-hydrogen) atoms. The first-order chi connectivity index (χ1) is 14.6. The fourth-order valence-electron chi connectivity index (χ4n) is 2.85. The summed E-state index contributed by atoms with van der Waals surface area (Å²) in [5.74, 6) is 0.830. The first-order valence-electron chi connectivity index (χ1n) is 9.66. The molecule has 1 amide bonds. The highest BCUT2D eigenvalue weighted by molar-refractivity contribution is 6.06. The van der Waals surface area contributed by atoms with Crippen LogP contribution in [0.3, 0.4) is 0 Å². The molecule has 6 N–H and O–H groups in total. The van der Waals surface area contributed by atoms with Gasteiger partial charge in [0.15, 0.2) is 0 Å². The largest absolute Gasteiger partial charge is 0.508 e. The van der Waals surface area contributed by atoms with E-state index in [-0.39, 0.29) is 11.7 Å². The summed E-state index contributed by atoms with van der Waals surface area (Å²) in [4.78, 5) is 12.8. The first-order valence-corrected chi connectivity index (χ1v) is 9.66. The van der Waals surface area contributed by atoms with Gasteiger partial charge in [0.25, 0.3) is 5.91 Å². The van der Waals surface area contributed by atoms with E-state index in [1.165, 1.54) is 13.2 Å². The molecule has 7 heteroatoms. The monoisotopic (exact) mass is 408 g/mol. The average molecular weight is 408 g/mol. The molecule has 0 saturated carbocycles. The number of benzene rings is 3. The van der Waals surface area contributed by atoms with Crippen LogP contribution in [-0.4, -0.2) is 31.3 Å². The molecule has 0 atom stereocenters. The minimum Gasteiger partial charge on any atom is -0.508 e. The molecular weight excluding hydrogens is 382 g/mol. The minimum absolute atomic E-state index is 0.0858. The summed E-state index contributed by atoms with van der Waals surface area (Å²) in [5.41, 5.74) is 6.32. The van der Waals surface area contributed by atoms with Gasteiger partial charge >= 0.3 is 0 Å². The van der Waals surface area contributed by atoms with Gasteiger partial charge in [-0.25, -0.2) is 0 Å². The van der Waals surface area contributed by atoms with Gasteiger partial charge < -0.3 is 30.9 Å². The lowest BCUT2D eigenvalue weighted by Crippen LogP contribution is -2.50. The van der Waals surface area contributed by atoms with Crippen LogP contribution in [-0.2, 0) is 0 Å². The number of quaternary nitrogens is 1. The lowest BCUT2D eigenvalue weighted by Gasteiger charge is -2.15. The van der Waals surface area contributed by atoms with Crippen LogP contribution in [0.4, 0.5) is 17.1 Å². The van der Waals surface area contributed by atoms with E-state index >= 15 is 0 Å². The molecule has 0 saturated heterocycles. The topological polar surface area (TPSA) is 107 Å². The van der Waals surface area contributed by atoms with Gasteiger partial charge in [-0.1, -0.05) is 18.2 Å². The number of phenolic OH excluding ortho intramolecular Hbond substituents is 1. The van der Waals surface area contributed by atoms with Gasteiger partial charge in [0.05, 0.1) is 25.8 Å². The molecule has 0 unspecified atom stereocenters. The zero-order valence-corrected chi connectivity index (χ0v) is 16.9. The highest BCUT2D eigenvalue weighted by atomic mass is 16.5. The third-order valence-corrected chi connectivity index (χ3v) is 4.33. The first kappa shape index (κ1) is 21.0. The van der Waals surface area contributed by atoms with E-state index in [4.69, 9.17) is 9.47 Å². The molecule has 3 aromatic rings. The van der Waals surface area contributed by atoms with E-state index in [0.717, 1.165) is 13.0 Å². The van der Waals surface area contributed by atoms with Crippen LogP contribution in [0, 0.1) is 0 Å². The maximum atomic E-state index is 12.8. The van der Waals surface area contributed by atoms with Crippen LogP contribution >= 0.6 is 0 Å². The molecule has 0 aliphatic rings. The van der Waals surface area contributed by atoms with E-state index in [1.807, 2.05) is 30.3 Å². The van der Waals surface area contributed by atoms with E-state index in [1.54, 1.807) is 30.3 Å². The number of ether oxygens (including phenoxy) is 2. The Kier molecular flexibility index (Phi) is 7.13. The number of carbonyl (C=O) groups is 1. The Hall–Kier alpha value is -3.71. The van der Waals surface area contributed by atoms with Crippen molar-refractivity contribution >= 4 is 23.0 Å². The van der Waals surface area contributed by atoms with Gasteiger partial charge in [-0.05, 0) is 24.3 Å². The maximum absolute atomic E-state index is 12.8. The molecule has 7 nitrogen and oxygen atoms in total. The predicted molar refractivity (Wildman–Crippen MR) is 117 cm³/mol. The summed E-state index contributed by atoms with van der Waals surface area (Å²) in [6, 6.07) is 19.4. The molecule has 3 aromatic carbocycles. The quantitative estimate of drug-likeness (QED) is 0.406. The molecule has 0 bridgehead atoms. The molecule has 0 radical (unpaired) electrons. The van der Waals surface area contributed by atoms with Gasteiger partial charge in [0, 0.05) is 47.7 Å². The number of rotatable bonds is 9. The Labute approximate surface area is 175 Å². The third-order valence-electron chi connectivity index (χ3n) is 4.33. The van der Waals surface area contributed by atoms with Crippen LogP contribution in [0.2, 0.25) is 0 Å². The van der Waals surface area contributed by atoms with E-state index < -0.39 is 0 Å². The van der Waals surface area contributed by atoms with Crippen molar-refractivity contribution in [3.63, 3.8) is 0 Å². The number of amides is 1. The average Bonchev–Trinajstić information content (AvgIpc) is 2.74. The number of hydrogen-bond acceptors (Lipinski definition) is 5. The lowest BCUT2D eigenvalue weighted by molar-refractivity contribution is -0.368. The van der Waals surface area contributed by atoms with Gasteiger partial charge in [0.1, 0.15) is 17.2 Å². The lowest BCUT2D eigenvalue weighted by atomic mass is 10.1. The molecule has 0 spiro atoms. The second-order valence-corrected chi connectivity index (χ2v) is 6.63. The Bertz CT molecular complexity index is 993. The number of methoxy groups -OCH3 is 1. The molecule has 0 aromatic heterocycles. The van der Waals surface area contributed by atoms with Crippen molar-refractivity contribution < 1.29 is 25.1 Å². The minimum atomic E-state index is -0.253. The second kappa shape index (κ2) is 10.2. The van der Waals surface area contributed by atoms with Gasteiger partial charge in [-0.3, -0.25) is 4.79 Å². The summed E-state index contributed by atoms with van der Waals surface area (Å²) in [6.45, 7) is 1.20. The number of anilines is 3. The van der Waals surface area contributed by atoms with E-state index in [2.05, 4.69) is 16.4 Å². The fraction of sp³-hybridized carbons (Fsp3) is 0.174. The van der Waals surface area contributed by atoms with Crippen molar-refractivity contribution in [3.05, 3.63) is 72.3 Å². The Morgan fingerprint density at radius 1 is 1.00 bits per heavy atom. The van der Waals surface area contributed by atoms with Crippen LogP contribution < -0.4 is 25.8 Å². The normalized spacial score (nSPS) is 10.3. The van der Waals surface area contributed by atoms with Crippen molar-refractivity contribution in [1.82, 2.24) is 0 Å². The highest BCUT2D eigenvalue weighted by Crippen LogP contribution is 2.30. The highest BCUT2D eigenvalue weighted by Gasteiger charge is 2.14. The summed E-state index contributed by atoms with van der Waals surface area (Å²) in [7, 11) is 1.53. The molecule has 0 fully saturated rings. The number of carbonyl (C=O) groups excluding carboxylic acids is 1. The van der Waals surface area contributed by atoms with Gasteiger partial charge in [0.2, 0.25) is 0 Å². The summed E-state index contributed by atoms with van der Waals surface area (Å²) < 4.78 is 11.1. The standard InChI is InChI=1S/C23H25N3O4/c1-29-20-13-18(12-19(27)15-20)25-17-8-9-21(22(14-17)30-11-5-10-24)23(28)26-16-6-3-2-4-7-16/h2-4,6-9,12-15,25,27H,5,10-11,24H2,1H3,(H,26,28)/p+1. The zero-order chi connectivity index (χ0) is 21.3. The molecule has 0 aliphatic heterocycles. The molecule has 3 rings (SSSR count). The number of nitrogens with one attached hydrogen (secondary N) is 2. The SMILES string of the molecule is COc1cc(O)cc(Nc2ccc(C(=O)Nc3ccccc3)c(OCCC[NH3+])c2)c1. The Morgan fingerprint density at radius 2 is 1.80 bits per heavy atom. The Morgan fingerprint density at radius 3 is 2.53 bits per heavy atom. The van der Waals surface area contributed by atoms with Crippen molar-refractivity contribution in [3.8, 4) is 17.2 Å². The molecule has 156 valence electrons. The maximum Gasteiger partial charge on any atom is 0.259 e. The summed E-state index contributed by atoms with van der Waals surface area (Å²) in [6.07, 6.45) is 0.779. The van der Waals surface area contributed by atoms with Crippen LogP contribution in [0.15, 0.2) is 66.7 Å². The van der Waals surface area contributed by atoms with Crippen molar-refractivity contribution in [1.29, 1.82) is 0 Å². The zero-order valence-electron chi connectivity index (χ0n) is 16.9. The van der Waals surface area contributed by atoms with Crippen molar-refractivity contribution in [2.75, 3.05) is 30.9 Å². The Balaban J connectivity index is 1.84. The van der Waals surface area contributed by atoms with Gasteiger partial charge in [-0.2, -0.15) is 0 Å². The smallest absolute Gasteiger partial charge is 0.259 e. The second-order valence-electron chi connectivity index (χ2n) is 6.63. The fourth-order valence-corrected chi connectivity index (χ4v) is 2.85. The number of aromatic hydroxyl groups is 1. The number of hydrogen-bond donors (Lipinski definition) is 4. The predicted octanol–water partition coefficient (Wildman–Crippen LogP) is 3.41. The van der Waals surface area contributed by atoms with Crippen LogP contribution in [0.1, 0.15) is 16.8 Å². The van der Waals surface area contributed by atoms with Gasteiger partial charge in [-0.15, -0.1) is 0 Å². The number of phenols is 1. The molecule has 0 aliphatic carbocycles. The van der Waals surface area contributed by atoms with Crippen molar-refractivity contribution in [2.45, 2.75) is 6.42 Å². The van der Waals surface area contributed by atoms with Crippen molar-refractivity contribution in [2.24, 2.45) is 0 Å². The van der Waals surface area contributed by atoms with E-state index in [0.29, 0.717) is 40.7 Å². The molecular formula is C23H26N3O4+. The summed E-state index contributed by atoms with van der Waals surface area (Å²) >= 11 is 0. The van der Waals surface area contributed by atoms with Crippen LogP contribution in [0.25, 0.3) is 0 Å².